The second-order valence-corrected chi connectivity index (χ2v) is 6.66. The molecule has 1 aromatic carbocycles. The summed E-state index contributed by atoms with van der Waals surface area (Å²) in [5.74, 6) is -0.416. The first-order valence-corrected chi connectivity index (χ1v) is 9.10. The lowest BCUT2D eigenvalue weighted by Gasteiger charge is -2.22. The molecule has 0 spiro atoms. The Balaban J connectivity index is 2.03. The molecule has 5 nitrogen and oxygen atoms in total. The van der Waals surface area contributed by atoms with Crippen molar-refractivity contribution in [3.63, 3.8) is 0 Å². The maximum Gasteiger partial charge on any atom is 0.254 e. The zero-order valence-corrected chi connectivity index (χ0v) is 15.1. The molecule has 1 heterocycles. The molecule has 24 heavy (non-hydrogen) atoms. The van der Waals surface area contributed by atoms with Gasteiger partial charge >= 0.3 is 0 Å². The zero-order valence-electron chi connectivity index (χ0n) is 13.5. The van der Waals surface area contributed by atoms with Gasteiger partial charge in [0.05, 0.1) is 0 Å². The predicted molar refractivity (Wildman–Crippen MR) is 97.6 cm³/mol. The number of nitrogens with zero attached hydrogens (tertiary/aromatic N) is 2. The molecular weight excluding hydrogens is 346 g/mol. The highest BCUT2D eigenvalue weighted by molar-refractivity contribution is 7.13. The Bertz CT molecular complexity index is 659. The topological polar surface area (TPSA) is 62.3 Å². The maximum atomic E-state index is 12.7. The lowest BCUT2D eigenvalue weighted by molar-refractivity contribution is -0.116. The van der Waals surface area contributed by atoms with Gasteiger partial charge in [-0.15, -0.1) is 11.3 Å². The summed E-state index contributed by atoms with van der Waals surface area (Å²) in [7, 11) is 0. The van der Waals surface area contributed by atoms with E-state index in [0.29, 0.717) is 22.3 Å². The highest BCUT2D eigenvalue weighted by atomic mass is 35.5. The quantitative estimate of drug-likeness (QED) is 0.717. The number of anilines is 1. The average molecular weight is 366 g/mol. The number of carbonyl (C=O) groups is 2. The van der Waals surface area contributed by atoms with Crippen molar-refractivity contribution >= 4 is 39.9 Å². The van der Waals surface area contributed by atoms with Crippen LogP contribution < -0.4 is 5.32 Å². The van der Waals surface area contributed by atoms with Gasteiger partial charge in [0.1, 0.15) is 6.54 Å². The Morgan fingerprint density at radius 3 is 2.62 bits per heavy atom. The maximum absolute atomic E-state index is 12.7. The van der Waals surface area contributed by atoms with Crippen molar-refractivity contribution in [1.29, 1.82) is 0 Å². The molecule has 0 atom stereocenters. The number of halogens is 1. The van der Waals surface area contributed by atoms with Gasteiger partial charge in [-0.05, 0) is 30.7 Å². The third-order valence-corrected chi connectivity index (χ3v) is 4.36. The molecule has 0 bridgehead atoms. The Labute approximate surface area is 150 Å². The molecule has 0 unspecified atom stereocenters. The molecule has 0 saturated heterocycles. The third-order valence-electron chi connectivity index (χ3n) is 3.42. The smallest absolute Gasteiger partial charge is 0.254 e. The summed E-state index contributed by atoms with van der Waals surface area (Å²) in [6.07, 6.45) is 4.55. The number of thiazole rings is 1. The number of aromatic nitrogens is 1. The van der Waals surface area contributed by atoms with Gasteiger partial charge in [-0.3, -0.25) is 9.59 Å². The van der Waals surface area contributed by atoms with Crippen LogP contribution in [0.1, 0.15) is 36.5 Å². The van der Waals surface area contributed by atoms with Crippen LogP contribution >= 0.6 is 22.9 Å². The number of unbranched alkanes of at least 4 members (excludes halogenated alkanes) is 2. The first-order valence-electron chi connectivity index (χ1n) is 7.84. The van der Waals surface area contributed by atoms with Gasteiger partial charge < -0.3 is 10.2 Å². The summed E-state index contributed by atoms with van der Waals surface area (Å²) in [5.41, 5.74) is 0.526. The normalized spacial score (nSPS) is 10.4. The van der Waals surface area contributed by atoms with E-state index in [1.165, 1.54) is 11.3 Å². The van der Waals surface area contributed by atoms with Gasteiger partial charge in [0.25, 0.3) is 5.91 Å². The molecule has 1 N–H and O–H groups in total. The van der Waals surface area contributed by atoms with Crippen LogP contribution in [0, 0.1) is 0 Å². The van der Waals surface area contributed by atoms with E-state index in [1.807, 2.05) is 0 Å². The van der Waals surface area contributed by atoms with Crippen LogP contribution in [0.5, 0.6) is 0 Å². The summed E-state index contributed by atoms with van der Waals surface area (Å²) < 4.78 is 0. The van der Waals surface area contributed by atoms with Gasteiger partial charge in [0.2, 0.25) is 5.91 Å². The Morgan fingerprint density at radius 2 is 2.00 bits per heavy atom. The summed E-state index contributed by atoms with van der Waals surface area (Å²) in [6.45, 7) is 2.64. The van der Waals surface area contributed by atoms with Crippen LogP contribution in [0.3, 0.4) is 0 Å². The SMILES string of the molecule is CCCCCN(CC(=O)Nc1nccs1)C(=O)c1ccc(Cl)cc1. The van der Waals surface area contributed by atoms with Gasteiger partial charge in [-0.25, -0.2) is 4.98 Å². The van der Waals surface area contributed by atoms with Crippen molar-refractivity contribution in [3.05, 3.63) is 46.4 Å². The number of amides is 2. The number of hydrogen-bond donors (Lipinski definition) is 1. The molecule has 0 aliphatic rings. The lowest BCUT2D eigenvalue weighted by Crippen LogP contribution is -2.38. The lowest BCUT2D eigenvalue weighted by atomic mass is 10.1. The van der Waals surface area contributed by atoms with Crippen molar-refractivity contribution in [2.24, 2.45) is 0 Å². The molecule has 0 radical (unpaired) electrons. The van der Waals surface area contributed by atoms with E-state index in [9.17, 15) is 9.59 Å². The molecular formula is C17H20ClN3O2S. The van der Waals surface area contributed by atoms with E-state index < -0.39 is 0 Å². The summed E-state index contributed by atoms with van der Waals surface area (Å²) in [4.78, 5) is 30.5. The van der Waals surface area contributed by atoms with E-state index in [1.54, 1.807) is 40.7 Å². The van der Waals surface area contributed by atoms with Crippen LogP contribution in [0.2, 0.25) is 5.02 Å². The van der Waals surface area contributed by atoms with Crippen LogP contribution in [-0.2, 0) is 4.79 Å². The standard InChI is InChI=1S/C17H20ClN3O2S/c1-2-3-4-10-21(12-15(22)20-17-19-9-11-24-17)16(23)13-5-7-14(18)8-6-13/h5-9,11H,2-4,10,12H2,1H3,(H,19,20,22). The average Bonchev–Trinajstić information content (AvgIpc) is 3.07. The van der Waals surface area contributed by atoms with Crippen LogP contribution in [0.4, 0.5) is 5.13 Å². The van der Waals surface area contributed by atoms with E-state index in [0.717, 1.165) is 19.3 Å². The molecule has 0 saturated carbocycles. The number of carbonyl (C=O) groups excluding carboxylic acids is 2. The molecule has 2 amide bonds. The minimum atomic E-state index is -0.247. The van der Waals surface area contributed by atoms with E-state index >= 15 is 0 Å². The molecule has 2 rings (SSSR count). The molecule has 7 heteroatoms. The fourth-order valence-corrected chi connectivity index (χ4v) is 2.87. The Kier molecular flexibility index (Phi) is 7.21. The first-order chi connectivity index (χ1) is 11.6. The highest BCUT2D eigenvalue weighted by Gasteiger charge is 2.19. The van der Waals surface area contributed by atoms with Gasteiger partial charge in [0, 0.05) is 28.7 Å². The van der Waals surface area contributed by atoms with Crippen LogP contribution in [0.15, 0.2) is 35.8 Å². The molecule has 0 aliphatic carbocycles. The van der Waals surface area contributed by atoms with Crippen molar-refractivity contribution < 1.29 is 9.59 Å². The van der Waals surface area contributed by atoms with Gasteiger partial charge in [-0.1, -0.05) is 31.4 Å². The monoisotopic (exact) mass is 365 g/mol. The van der Waals surface area contributed by atoms with E-state index in [-0.39, 0.29) is 18.4 Å². The fourth-order valence-electron chi connectivity index (χ4n) is 2.20. The summed E-state index contributed by atoms with van der Waals surface area (Å²) >= 11 is 7.21. The van der Waals surface area contributed by atoms with Crippen LogP contribution in [0.25, 0.3) is 0 Å². The molecule has 128 valence electrons. The van der Waals surface area contributed by atoms with Gasteiger partial charge in [-0.2, -0.15) is 0 Å². The Hall–Kier alpha value is -1.92. The largest absolute Gasteiger partial charge is 0.329 e. The third kappa shape index (κ3) is 5.62. The number of nitrogens with one attached hydrogen (secondary N) is 1. The second-order valence-electron chi connectivity index (χ2n) is 5.33. The molecule has 0 aliphatic heterocycles. The predicted octanol–water partition coefficient (Wildman–Crippen LogP) is 4.07. The van der Waals surface area contributed by atoms with Crippen molar-refractivity contribution in [2.45, 2.75) is 26.2 Å². The van der Waals surface area contributed by atoms with Crippen molar-refractivity contribution in [1.82, 2.24) is 9.88 Å². The summed E-state index contributed by atoms with van der Waals surface area (Å²) in [5, 5.41) is 5.61. The first kappa shape index (κ1) is 18.4. The van der Waals surface area contributed by atoms with Crippen molar-refractivity contribution in [2.75, 3.05) is 18.4 Å². The van der Waals surface area contributed by atoms with Gasteiger partial charge in [0.15, 0.2) is 5.13 Å². The highest BCUT2D eigenvalue weighted by Crippen LogP contribution is 2.14. The fraction of sp³-hybridized carbons (Fsp3) is 0.353. The molecule has 1 aromatic heterocycles. The Morgan fingerprint density at radius 1 is 1.25 bits per heavy atom. The minimum absolute atomic E-state index is 0.00472. The van der Waals surface area contributed by atoms with Crippen molar-refractivity contribution in [3.8, 4) is 0 Å². The minimum Gasteiger partial charge on any atom is -0.329 e. The number of rotatable bonds is 8. The summed E-state index contributed by atoms with van der Waals surface area (Å²) in [6, 6.07) is 6.70. The molecule has 0 fully saturated rings. The van der Waals surface area contributed by atoms with E-state index in [2.05, 4.69) is 17.2 Å². The van der Waals surface area contributed by atoms with Crippen LogP contribution in [-0.4, -0.2) is 34.8 Å². The zero-order chi connectivity index (χ0) is 17.4. The molecule has 2 aromatic rings. The number of hydrogen-bond acceptors (Lipinski definition) is 4. The second kappa shape index (κ2) is 9.39. The van der Waals surface area contributed by atoms with E-state index in [4.69, 9.17) is 11.6 Å². The number of benzene rings is 1.